The normalized spacial score (nSPS) is 18.4. The minimum absolute atomic E-state index is 0.551. The molecular formula is C16H19ClN6O2. The van der Waals surface area contributed by atoms with Crippen molar-refractivity contribution in [3.63, 3.8) is 0 Å². The molecule has 2 saturated heterocycles. The molecule has 132 valence electrons. The molecule has 25 heavy (non-hydrogen) atoms. The summed E-state index contributed by atoms with van der Waals surface area (Å²) in [5.41, 5.74) is 0.677. The molecule has 0 bridgehead atoms. The molecular weight excluding hydrogens is 344 g/mol. The number of anilines is 2. The molecule has 0 radical (unpaired) electrons. The van der Waals surface area contributed by atoms with Crippen molar-refractivity contribution in [2.24, 2.45) is 0 Å². The summed E-state index contributed by atoms with van der Waals surface area (Å²) in [4.78, 5) is 22.6. The number of rotatable bonds is 3. The number of halogens is 1. The van der Waals surface area contributed by atoms with E-state index < -0.39 is 0 Å². The first kappa shape index (κ1) is 16.4. The van der Waals surface area contributed by atoms with Gasteiger partial charge in [-0.1, -0.05) is 11.6 Å². The van der Waals surface area contributed by atoms with Crippen molar-refractivity contribution in [3.05, 3.63) is 23.4 Å². The fourth-order valence-electron chi connectivity index (χ4n) is 2.79. The molecule has 0 amide bonds. The zero-order chi connectivity index (χ0) is 17.1. The molecule has 0 N–H and O–H groups in total. The van der Waals surface area contributed by atoms with Gasteiger partial charge in [0.2, 0.25) is 11.9 Å². The summed E-state index contributed by atoms with van der Waals surface area (Å²) in [6.45, 7) is 5.75. The van der Waals surface area contributed by atoms with E-state index in [1.807, 2.05) is 6.07 Å². The molecule has 0 unspecified atom stereocenters. The topological polar surface area (TPSA) is 76.5 Å². The Hall–Kier alpha value is -2.03. The number of pyridine rings is 1. The van der Waals surface area contributed by atoms with Gasteiger partial charge in [-0.15, -0.1) is 0 Å². The Kier molecular flexibility index (Phi) is 4.91. The summed E-state index contributed by atoms with van der Waals surface area (Å²) in [6, 6.07) is 3.61. The summed E-state index contributed by atoms with van der Waals surface area (Å²) in [5.74, 6) is 1.87. The van der Waals surface area contributed by atoms with E-state index in [-0.39, 0.29) is 0 Å². The van der Waals surface area contributed by atoms with Crippen molar-refractivity contribution < 1.29 is 9.47 Å². The second-order valence-electron chi connectivity index (χ2n) is 5.82. The van der Waals surface area contributed by atoms with Crippen molar-refractivity contribution in [2.45, 2.75) is 0 Å². The van der Waals surface area contributed by atoms with Crippen molar-refractivity contribution in [1.29, 1.82) is 0 Å². The summed E-state index contributed by atoms with van der Waals surface area (Å²) < 4.78 is 10.9. The van der Waals surface area contributed by atoms with E-state index in [2.05, 4.69) is 29.7 Å². The molecule has 2 aromatic heterocycles. The van der Waals surface area contributed by atoms with Gasteiger partial charge in [0.25, 0.3) is 0 Å². The first-order valence-corrected chi connectivity index (χ1v) is 8.71. The molecule has 2 aromatic rings. The van der Waals surface area contributed by atoms with Crippen LogP contribution in [0.2, 0.25) is 5.02 Å². The maximum Gasteiger partial charge on any atom is 0.230 e. The lowest BCUT2D eigenvalue weighted by molar-refractivity contribution is 0.121. The van der Waals surface area contributed by atoms with Crippen LogP contribution in [0, 0.1) is 0 Å². The standard InChI is InChI=1S/C16H19ClN6O2/c17-12-1-2-13(18-11-12)14-19-15(22-3-7-24-8-4-22)21-16(20-14)23-5-9-25-10-6-23/h1-2,11H,3-10H2. The third-order valence-corrected chi connectivity index (χ3v) is 4.38. The molecule has 0 aliphatic carbocycles. The SMILES string of the molecule is Clc1ccc(-c2nc(N3CCOCC3)nc(N3CCOCC3)n2)nc1. The van der Waals surface area contributed by atoms with Gasteiger partial charge in [0, 0.05) is 32.4 Å². The highest BCUT2D eigenvalue weighted by molar-refractivity contribution is 6.30. The lowest BCUT2D eigenvalue weighted by Gasteiger charge is -2.30. The molecule has 2 aliphatic rings. The van der Waals surface area contributed by atoms with Crippen LogP contribution in [0.25, 0.3) is 11.5 Å². The highest BCUT2D eigenvalue weighted by Gasteiger charge is 2.21. The molecule has 4 rings (SSSR count). The predicted molar refractivity (Wildman–Crippen MR) is 94.1 cm³/mol. The minimum Gasteiger partial charge on any atom is -0.378 e. The lowest BCUT2D eigenvalue weighted by atomic mass is 10.3. The lowest BCUT2D eigenvalue weighted by Crippen LogP contribution is -2.40. The number of hydrogen-bond acceptors (Lipinski definition) is 8. The smallest absolute Gasteiger partial charge is 0.230 e. The number of ether oxygens (including phenoxy) is 2. The van der Waals surface area contributed by atoms with Crippen LogP contribution in [-0.2, 0) is 9.47 Å². The van der Waals surface area contributed by atoms with Crippen molar-refractivity contribution in [3.8, 4) is 11.5 Å². The number of hydrogen-bond donors (Lipinski definition) is 0. The Bertz CT molecular complexity index is 681. The van der Waals surface area contributed by atoms with E-state index in [1.54, 1.807) is 12.3 Å². The van der Waals surface area contributed by atoms with E-state index >= 15 is 0 Å². The third-order valence-electron chi connectivity index (χ3n) is 4.16. The third kappa shape index (κ3) is 3.81. The van der Waals surface area contributed by atoms with Gasteiger partial charge < -0.3 is 19.3 Å². The molecule has 0 atom stereocenters. The maximum atomic E-state index is 5.95. The van der Waals surface area contributed by atoms with E-state index in [9.17, 15) is 0 Å². The Morgan fingerprint density at radius 3 is 1.84 bits per heavy atom. The zero-order valence-corrected chi connectivity index (χ0v) is 14.5. The highest BCUT2D eigenvalue weighted by atomic mass is 35.5. The van der Waals surface area contributed by atoms with Crippen LogP contribution in [0.15, 0.2) is 18.3 Å². The van der Waals surface area contributed by atoms with E-state index in [4.69, 9.17) is 21.1 Å². The average molecular weight is 363 g/mol. The Morgan fingerprint density at radius 1 is 0.800 bits per heavy atom. The van der Waals surface area contributed by atoms with Crippen LogP contribution < -0.4 is 9.80 Å². The van der Waals surface area contributed by atoms with Crippen LogP contribution in [0.5, 0.6) is 0 Å². The highest BCUT2D eigenvalue weighted by Crippen LogP contribution is 2.22. The summed E-state index contributed by atoms with van der Waals surface area (Å²) in [6.07, 6.45) is 1.60. The van der Waals surface area contributed by atoms with Gasteiger partial charge in [-0.25, -0.2) is 0 Å². The fourth-order valence-corrected chi connectivity index (χ4v) is 2.90. The zero-order valence-electron chi connectivity index (χ0n) is 13.8. The van der Waals surface area contributed by atoms with Crippen LogP contribution >= 0.6 is 11.6 Å². The van der Waals surface area contributed by atoms with E-state index in [0.29, 0.717) is 54.9 Å². The largest absolute Gasteiger partial charge is 0.378 e. The summed E-state index contributed by atoms with van der Waals surface area (Å²) in [7, 11) is 0. The van der Waals surface area contributed by atoms with Gasteiger partial charge in [-0.3, -0.25) is 4.98 Å². The molecule has 9 heteroatoms. The molecule has 4 heterocycles. The summed E-state index contributed by atoms with van der Waals surface area (Å²) >= 11 is 5.95. The Morgan fingerprint density at radius 2 is 1.36 bits per heavy atom. The molecule has 0 saturated carbocycles. The molecule has 2 fully saturated rings. The molecule has 0 spiro atoms. The average Bonchev–Trinajstić information content (AvgIpc) is 2.69. The van der Waals surface area contributed by atoms with E-state index in [1.165, 1.54) is 0 Å². The second kappa shape index (κ2) is 7.47. The van der Waals surface area contributed by atoms with Crippen molar-refractivity contribution in [2.75, 3.05) is 62.4 Å². The molecule has 0 aromatic carbocycles. The second-order valence-corrected chi connectivity index (χ2v) is 6.26. The predicted octanol–water partition coefficient (Wildman–Crippen LogP) is 1.26. The van der Waals surface area contributed by atoms with Gasteiger partial charge >= 0.3 is 0 Å². The quantitative estimate of drug-likeness (QED) is 0.807. The van der Waals surface area contributed by atoms with Gasteiger partial charge in [0.1, 0.15) is 5.69 Å². The number of nitrogens with zero attached hydrogens (tertiary/aromatic N) is 6. The first-order valence-electron chi connectivity index (χ1n) is 8.33. The monoisotopic (exact) mass is 362 g/mol. The van der Waals surface area contributed by atoms with Crippen LogP contribution in [0.1, 0.15) is 0 Å². The minimum atomic E-state index is 0.551. The molecule has 2 aliphatic heterocycles. The van der Waals surface area contributed by atoms with Gasteiger partial charge in [-0.2, -0.15) is 15.0 Å². The van der Waals surface area contributed by atoms with Crippen LogP contribution in [0.4, 0.5) is 11.9 Å². The fraction of sp³-hybridized carbons (Fsp3) is 0.500. The van der Waals surface area contributed by atoms with Crippen LogP contribution in [0.3, 0.4) is 0 Å². The van der Waals surface area contributed by atoms with Crippen molar-refractivity contribution >= 4 is 23.5 Å². The number of morpholine rings is 2. The van der Waals surface area contributed by atoms with Crippen molar-refractivity contribution in [1.82, 2.24) is 19.9 Å². The maximum absolute atomic E-state index is 5.95. The molecule has 8 nitrogen and oxygen atoms in total. The summed E-state index contributed by atoms with van der Waals surface area (Å²) in [5, 5.41) is 0.583. The number of aromatic nitrogens is 4. The Balaban J connectivity index is 1.72. The van der Waals surface area contributed by atoms with Gasteiger partial charge in [0.05, 0.1) is 31.5 Å². The first-order chi connectivity index (χ1) is 12.3. The van der Waals surface area contributed by atoms with E-state index in [0.717, 1.165) is 26.2 Å². The van der Waals surface area contributed by atoms with Crippen LogP contribution in [-0.4, -0.2) is 72.5 Å². The van der Waals surface area contributed by atoms with Gasteiger partial charge in [-0.05, 0) is 12.1 Å². The Labute approximate surface area is 150 Å². The van der Waals surface area contributed by atoms with Gasteiger partial charge in [0.15, 0.2) is 5.82 Å².